The van der Waals surface area contributed by atoms with Crippen molar-refractivity contribution in [1.82, 2.24) is 0 Å². The van der Waals surface area contributed by atoms with Gasteiger partial charge < -0.3 is 19.2 Å². The van der Waals surface area contributed by atoms with Crippen LogP contribution in [0.15, 0.2) is 71.1 Å². The predicted molar refractivity (Wildman–Crippen MR) is 118 cm³/mol. The zero-order valence-corrected chi connectivity index (χ0v) is 17.4. The van der Waals surface area contributed by atoms with Gasteiger partial charge in [0.15, 0.2) is 5.76 Å². The number of amides is 1. The number of nitrogens with one attached hydrogen (secondary N) is 1. The molecule has 0 saturated heterocycles. The number of methoxy groups -OCH3 is 2. The van der Waals surface area contributed by atoms with Crippen molar-refractivity contribution < 1.29 is 23.5 Å². The Morgan fingerprint density at radius 1 is 0.839 bits per heavy atom. The number of benzene rings is 3. The normalized spacial score (nSPS) is 10.7. The Labute approximate surface area is 179 Å². The summed E-state index contributed by atoms with van der Waals surface area (Å²) in [5, 5.41) is 3.64. The van der Waals surface area contributed by atoms with Crippen molar-refractivity contribution in [3.05, 3.63) is 89.2 Å². The first-order chi connectivity index (χ1) is 15.0. The molecule has 0 aliphatic rings. The van der Waals surface area contributed by atoms with Crippen LogP contribution in [-0.2, 0) is 0 Å². The van der Waals surface area contributed by atoms with Crippen LogP contribution in [0.5, 0.6) is 11.5 Å². The molecular weight excluding hydrogens is 394 g/mol. The summed E-state index contributed by atoms with van der Waals surface area (Å²) in [5.74, 6) is 0.984. The molecule has 0 fully saturated rings. The highest BCUT2D eigenvalue weighted by Crippen LogP contribution is 2.30. The molecular formula is C25H21NO5. The molecule has 0 bridgehead atoms. The van der Waals surface area contributed by atoms with Crippen molar-refractivity contribution >= 4 is 28.3 Å². The maximum Gasteiger partial charge on any atom is 0.255 e. The Hall–Kier alpha value is -4.06. The van der Waals surface area contributed by atoms with Gasteiger partial charge in [0.2, 0.25) is 5.78 Å². The first kappa shape index (κ1) is 20.2. The zero-order valence-electron chi connectivity index (χ0n) is 17.4. The molecule has 1 amide bonds. The lowest BCUT2D eigenvalue weighted by molar-refractivity contribution is 0.101. The van der Waals surface area contributed by atoms with Gasteiger partial charge in [-0.15, -0.1) is 0 Å². The molecule has 3 aromatic carbocycles. The first-order valence-electron chi connectivity index (χ1n) is 9.67. The number of ketones is 1. The highest BCUT2D eigenvalue weighted by molar-refractivity contribution is 6.11. The minimum Gasteiger partial charge on any atom is -0.497 e. The van der Waals surface area contributed by atoms with E-state index in [1.807, 2.05) is 6.92 Å². The highest BCUT2D eigenvalue weighted by atomic mass is 16.5. The standard InChI is InChI=1S/C25H21NO5/c1-15-21-14-18(26-25(28)17-7-5-9-20(13-17)30-3)10-11-22(21)31-24(15)23(27)16-6-4-8-19(12-16)29-2/h4-14H,1-3H3,(H,26,28). The fraction of sp³-hybridized carbons (Fsp3) is 0.120. The van der Waals surface area contributed by atoms with Gasteiger partial charge in [0.05, 0.1) is 14.2 Å². The van der Waals surface area contributed by atoms with Gasteiger partial charge in [0, 0.05) is 27.8 Å². The quantitative estimate of drug-likeness (QED) is 0.436. The molecule has 4 rings (SSSR count). The van der Waals surface area contributed by atoms with Gasteiger partial charge >= 0.3 is 0 Å². The van der Waals surface area contributed by atoms with Crippen molar-refractivity contribution in [1.29, 1.82) is 0 Å². The molecule has 0 aliphatic heterocycles. The van der Waals surface area contributed by atoms with Crippen molar-refractivity contribution in [3.8, 4) is 11.5 Å². The smallest absolute Gasteiger partial charge is 0.255 e. The Bertz CT molecular complexity index is 1290. The average Bonchev–Trinajstić information content (AvgIpc) is 3.14. The van der Waals surface area contributed by atoms with Gasteiger partial charge in [-0.05, 0) is 55.5 Å². The highest BCUT2D eigenvalue weighted by Gasteiger charge is 2.20. The molecule has 0 atom stereocenters. The van der Waals surface area contributed by atoms with Crippen LogP contribution in [-0.4, -0.2) is 25.9 Å². The lowest BCUT2D eigenvalue weighted by atomic mass is 10.0. The maximum absolute atomic E-state index is 13.0. The summed E-state index contributed by atoms with van der Waals surface area (Å²) in [5.41, 5.74) is 2.85. The molecule has 1 N–H and O–H groups in total. The minimum atomic E-state index is -0.257. The van der Waals surface area contributed by atoms with Crippen molar-refractivity contribution in [2.75, 3.05) is 19.5 Å². The fourth-order valence-corrected chi connectivity index (χ4v) is 3.38. The Morgan fingerprint density at radius 2 is 1.48 bits per heavy atom. The van der Waals surface area contributed by atoms with E-state index in [0.717, 1.165) is 5.39 Å². The van der Waals surface area contributed by atoms with Crippen LogP contribution in [0, 0.1) is 6.92 Å². The summed E-state index contributed by atoms with van der Waals surface area (Å²) in [6.45, 7) is 1.83. The zero-order chi connectivity index (χ0) is 22.0. The summed E-state index contributed by atoms with van der Waals surface area (Å²) in [4.78, 5) is 25.6. The van der Waals surface area contributed by atoms with Crippen LogP contribution in [0.3, 0.4) is 0 Å². The summed E-state index contributed by atoms with van der Waals surface area (Å²) >= 11 is 0. The van der Waals surface area contributed by atoms with Crippen LogP contribution in [0.4, 0.5) is 5.69 Å². The third-order valence-electron chi connectivity index (χ3n) is 5.06. The molecule has 0 spiro atoms. The molecule has 31 heavy (non-hydrogen) atoms. The fourth-order valence-electron chi connectivity index (χ4n) is 3.38. The molecule has 0 saturated carbocycles. The largest absolute Gasteiger partial charge is 0.497 e. The van der Waals surface area contributed by atoms with E-state index < -0.39 is 0 Å². The average molecular weight is 415 g/mol. The number of rotatable bonds is 6. The number of anilines is 1. The number of carbonyl (C=O) groups excluding carboxylic acids is 2. The molecule has 156 valence electrons. The van der Waals surface area contributed by atoms with Gasteiger partial charge in [-0.3, -0.25) is 9.59 Å². The van der Waals surface area contributed by atoms with Crippen molar-refractivity contribution in [2.45, 2.75) is 6.92 Å². The lowest BCUT2D eigenvalue weighted by Crippen LogP contribution is -2.11. The van der Waals surface area contributed by atoms with Crippen LogP contribution in [0.25, 0.3) is 11.0 Å². The van der Waals surface area contributed by atoms with Gasteiger partial charge in [-0.1, -0.05) is 18.2 Å². The molecule has 1 heterocycles. The van der Waals surface area contributed by atoms with Crippen LogP contribution < -0.4 is 14.8 Å². The predicted octanol–water partition coefficient (Wildman–Crippen LogP) is 5.24. The van der Waals surface area contributed by atoms with E-state index >= 15 is 0 Å². The lowest BCUT2D eigenvalue weighted by Gasteiger charge is -2.07. The van der Waals surface area contributed by atoms with E-state index in [1.54, 1.807) is 80.9 Å². The van der Waals surface area contributed by atoms with Gasteiger partial charge in [0.25, 0.3) is 5.91 Å². The molecule has 6 heteroatoms. The first-order valence-corrected chi connectivity index (χ1v) is 9.67. The van der Waals surface area contributed by atoms with Crippen LogP contribution in [0.2, 0.25) is 0 Å². The Kier molecular flexibility index (Phi) is 5.45. The number of carbonyl (C=O) groups is 2. The van der Waals surface area contributed by atoms with E-state index in [9.17, 15) is 9.59 Å². The molecule has 4 aromatic rings. The Morgan fingerprint density at radius 3 is 2.16 bits per heavy atom. The second kappa shape index (κ2) is 8.36. The number of hydrogen-bond donors (Lipinski definition) is 1. The van der Waals surface area contributed by atoms with Crippen molar-refractivity contribution in [3.63, 3.8) is 0 Å². The van der Waals surface area contributed by atoms with Crippen molar-refractivity contribution in [2.24, 2.45) is 0 Å². The van der Waals surface area contributed by atoms with Crippen LogP contribution >= 0.6 is 0 Å². The molecule has 0 aliphatic carbocycles. The number of furan rings is 1. The third kappa shape index (κ3) is 4.00. The van der Waals surface area contributed by atoms with Gasteiger partial charge in [-0.2, -0.15) is 0 Å². The molecule has 1 aromatic heterocycles. The van der Waals surface area contributed by atoms with E-state index in [0.29, 0.717) is 39.5 Å². The Balaban J connectivity index is 1.63. The monoisotopic (exact) mass is 415 g/mol. The van der Waals surface area contributed by atoms with Gasteiger partial charge in [-0.25, -0.2) is 0 Å². The summed E-state index contributed by atoms with van der Waals surface area (Å²) in [6.07, 6.45) is 0. The summed E-state index contributed by atoms with van der Waals surface area (Å²) < 4.78 is 16.2. The summed E-state index contributed by atoms with van der Waals surface area (Å²) in [7, 11) is 3.11. The number of aryl methyl sites for hydroxylation is 1. The van der Waals surface area contributed by atoms with Crippen LogP contribution in [0.1, 0.15) is 32.0 Å². The minimum absolute atomic E-state index is 0.227. The third-order valence-corrected chi connectivity index (χ3v) is 5.06. The second-order valence-electron chi connectivity index (χ2n) is 7.01. The topological polar surface area (TPSA) is 77.8 Å². The number of ether oxygens (including phenoxy) is 2. The SMILES string of the molecule is COc1cccc(C(=O)Nc2ccc3oc(C(=O)c4cccc(OC)c4)c(C)c3c2)c1. The van der Waals surface area contributed by atoms with E-state index in [1.165, 1.54) is 0 Å². The van der Waals surface area contributed by atoms with E-state index in [2.05, 4.69) is 5.32 Å². The molecule has 0 radical (unpaired) electrons. The van der Waals surface area contributed by atoms with E-state index in [-0.39, 0.29) is 17.5 Å². The summed E-state index contributed by atoms with van der Waals surface area (Å²) in [6, 6.07) is 19.1. The van der Waals surface area contributed by atoms with E-state index in [4.69, 9.17) is 13.9 Å². The second-order valence-corrected chi connectivity index (χ2v) is 7.01. The molecule has 6 nitrogen and oxygen atoms in total. The van der Waals surface area contributed by atoms with Gasteiger partial charge in [0.1, 0.15) is 17.1 Å². The number of hydrogen-bond acceptors (Lipinski definition) is 5. The molecule has 0 unspecified atom stereocenters. The number of fused-ring (bicyclic) bond motifs is 1. The maximum atomic E-state index is 13.0.